The fourth-order valence-electron chi connectivity index (χ4n) is 1.27. The molecule has 2 rings (SSSR count). The molecule has 0 aliphatic heterocycles. The molecule has 0 unspecified atom stereocenters. The Labute approximate surface area is 96.7 Å². The van der Waals surface area contributed by atoms with Crippen LogP contribution in [0.2, 0.25) is 0 Å². The van der Waals surface area contributed by atoms with Crippen molar-refractivity contribution in [1.82, 2.24) is 0 Å². The van der Waals surface area contributed by atoms with Crippen LogP contribution >= 0.6 is 11.3 Å². The SMILES string of the molecule is O=C(CNc1ccc(F)cc1)c1cccs1. The third kappa shape index (κ3) is 2.67. The summed E-state index contributed by atoms with van der Waals surface area (Å²) in [5.74, 6) is -0.241. The monoisotopic (exact) mass is 235 g/mol. The normalized spacial score (nSPS) is 10.1. The largest absolute Gasteiger partial charge is 0.378 e. The van der Waals surface area contributed by atoms with Crippen molar-refractivity contribution < 1.29 is 9.18 Å². The van der Waals surface area contributed by atoms with E-state index < -0.39 is 0 Å². The summed E-state index contributed by atoms with van der Waals surface area (Å²) in [5, 5.41) is 4.82. The van der Waals surface area contributed by atoms with Gasteiger partial charge in [-0.1, -0.05) is 6.07 Å². The minimum Gasteiger partial charge on any atom is -0.378 e. The number of carbonyl (C=O) groups is 1. The fourth-order valence-corrected chi connectivity index (χ4v) is 1.94. The molecule has 2 nitrogen and oxygen atoms in total. The second kappa shape index (κ2) is 4.90. The van der Waals surface area contributed by atoms with Gasteiger partial charge in [-0.3, -0.25) is 4.79 Å². The summed E-state index contributed by atoms with van der Waals surface area (Å²) in [7, 11) is 0. The molecule has 0 saturated carbocycles. The van der Waals surface area contributed by atoms with Gasteiger partial charge in [-0.2, -0.15) is 0 Å². The standard InChI is InChI=1S/C12H10FNOS/c13-9-3-5-10(6-4-9)14-8-11(15)12-2-1-7-16-12/h1-7,14H,8H2. The van der Waals surface area contributed by atoms with E-state index in [4.69, 9.17) is 0 Å². The Bertz CT molecular complexity index is 464. The molecule has 0 amide bonds. The van der Waals surface area contributed by atoms with Gasteiger partial charge in [0.1, 0.15) is 5.82 Å². The zero-order valence-corrected chi connectivity index (χ0v) is 9.26. The lowest BCUT2D eigenvalue weighted by Crippen LogP contribution is -2.12. The van der Waals surface area contributed by atoms with Crippen LogP contribution in [-0.4, -0.2) is 12.3 Å². The maximum Gasteiger partial charge on any atom is 0.191 e. The van der Waals surface area contributed by atoms with Gasteiger partial charge in [0.15, 0.2) is 5.78 Å². The first-order valence-electron chi connectivity index (χ1n) is 4.82. The van der Waals surface area contributed by atoms with Crippen LogP contribution in [0.15, 0.2) is 41.8 Å². The third-order valence-corrected chi connectivity index (χ3v) is 3.00. The molecule has 1 heterocycles. The lowest BCUT2D eigenvalue weighted by molar-refractivity contribution is 0.101. The van der Waals surface area contributed by atoms with Crippen molar-refractivity contribution in [2.75, 3.05) is 11.9 Å². The van der Waals surface area contributed by atoms with Crippen LogP contribution in [0.5, 0.6) is 0 Å². The number of ketones is 1. The van der Waals surface area contributed by atoms with Crippen LogP contribution < -0.4 is 5.32 Å². The first-order chi connectivity index (χ1) is 7.75. The van der Waals surface area contributed by atoms with E-state index in [9.17, 15) is 9.18 Å². The van der Waals surface area contributed by atoms with Gasteiger partial charge in [0.05, 0.1) is 11.4 Å². The van der Waals surface area contributed by atoms with Gasteiger partial charge < -0.3 is 5.32 Å². The van der Waals surface area contributed by atoms with E-state index in [0.29, 0.717) is 0 Å². The van der Waals surface area contributed by atoms with Crippen LogP contribution in [0.1, 0.15) is 9.67 Å². The Morgan fingerprint density at radius 1 is 1.25 bits per heavy atom. The third-order valence-electron chi connectivity index (χ3n) is 2.09. The number of hydrogen-bond donors (Lipinski definition) is 1. The van der Waals surface area contributed by atoms with Gasteiger partial charge in [-0.15, -0.1) is 11.3 Å². The Hall–Kier alpha value is -1.68. The lowest BCUT2D eigenvalue weighted by Gasteiger charge is -2.04. The highest BCUT2D eigenvalue weighted by Crippen LogP contribution is 2.11. The summed E-state index contributed by atoms with van der Waals surface area (Å²) in [5.41, 5.74) is 0.742. The highest BCUT2D eigenvalue weighted by molar-refractivity contribution is 7.12. The van der Waals surface area contributed by atoms with Crippen molar-refractivity contribution in [2.45, 2.75) is 0 Å². The summed E-state index contributed by atoms with van der Waals surface area (Å²) >= 11 is 1.42. The van der Waals surface area contributed by atoms with E-state index in [1.807, 2.05) is 11.4 Å². The number of rotatable bonds is 4. The molecule has 1 aromatic heterocycles. The van der Waals surface area contributed by atoms with Crippen molar-refractivity contribution in [2.24, 2.45) is 0 Å². The number of thiophene rings is 1. The van der Waals surface area contributed by atoms with Crippen LogP contribution in [0, 0.1) is 5.82 Å². The summed E-state index contributed by atoms with van der Waals surface area (Å²) in [6.45, 7) is 0.228. The van der Waals surface area contributed by atoms with Crippen LogP contribution in [0.25, 0.3) is 0 Å². The molecule has 4 heteroatoms. The highest BCUT2D eigenvalue weighted by Gasteiger charge is 2.05. The smallest absolute Gasteiger partial charge is 0.191 e. The van der Waals surface area contributed by atoms with Gasteiger partial charge in [-0.05, 0) is 35.7 Å². The molecule has 0 spiro atoms. The van der Waals surface area contributed by atoms with Gasteiger partial charge in [-0.25, -0.2) is 4.39 Å². The van der Waals surface area contributed by atoms with Gasteiger partial charge in [0, 0.05) is 5.69 Å². The fraction of sp³-hybridized carbons (Fsp3) is 0.0833. The van der Waals surface area contributed by atoms with Crippen LogP contribution in [0.4, 0.5) is 10.1 Å². The summed E-state index contributed by atoms with van der Waals surface area (Å²) in [6, 6.07) is 9.57. The van der Waals surface area contributed by atoms with Crippen LogP contribution in [-0.2, 0) is 0 Å². The molecule has 2 aromatic rings. The van der Waals surface area contributed by atoms with Crippen molar-refractivity contribution >= 4 is 22.8 Å². The molecule has 0 aliphatic carbocycles. The quantitative estimate of drug-likeness (QED) is 0.825. The summed E-state index contributed by atoms with van der Waals surface area (Å²) < 4.78 is 12.6. The summed E-state index contributed by atoms with van der Waals surface area (Å²) in [4.78, 5) is 12.4. The molecular formula is C12H10FNOS. The number of hydrogen-bond acceptors (Lipinski definition) is 3. The first kappa shape index (κ1) is 10.8. The van der Waals surface area contributed by atoms with Crippen molar-refractivity contribution in [1.29, 1.82) is 0 Å². The van der Waals surface area contributed by atoms with E-state index in [0.717, 1.165) is 10.6 Å². The van der Waals surface area contributed by atoms with E-state index >= 15 is 0 Å². The number of halogens is 1. The van der Waals surface area contributed by atoms with E-state index in [1.165, 1.54) is 23.5 Å². The maximum atomic E-state index is 12.6. The molecule has 0 saturated heterocycles. The average Bonchev–Trinajstić information content (AvgIpc) is 2.81. The van der Waals surface area contributed by atoms with Crippen molar-refractivity contribution in [3.63, 3.8) is 0 Å². The van der Waals surface area contributed by atoms with Crippen molar-refractivity contribution in [3.8, 4) is 0 Å². The first-order valence-corrected chi connectivity index (χ1v) is 5.70. The molecule has 0 atom stereocenters. The Morgan fingerprint density at radius 3 is 2.62 bits per heavy atom. The Balaban J connectivity index is 1.93. The predicted octanol–water partition coefficient (Wildman–Crippen LogP) is 3.18. The zero-order chi connectivity index (χ0) is 11.4. The molecular weight excluding hydrogens is 225 g/mol. The second-order valence-corrected chi connectivity index (χ2v) is 4.21. The molecule has 0 aliphatic rings. The maximum absolute atomic E-state index is 12.6. The molecule has 1 N–H and O–H groups in total. The van der Waals surface area contributed by atoms with E-state index in [-0.39, 0.29) is 18.1 Å². The highest BCUT2D eigenvalue weighted by atomic mass is 32.1. The molecule has 16 heavy (non-hydrogen) atoms. The summed E-state index contributed by atoms with van der Waals surface area (Å²) in [6.07, 6.45) is 0. The van der Waals surface area contributed by atoms with Crippen molar-refractivity contribution in [3.05, 3.63) is 52.5 Å². The number of benzene rings is 1. The van der Waals surface area contributed by atoms with E-state index in [2.05, 4.69) is 5.32 Å². The molecule has 0 radical (unpaired) electrons. The minimum absolute atomic E-state index is 0.0410. The van der Waals surface area contributed by atoms with Crippen LogP contribution in [0.3, 0.4) is 0 Å². The molecule has 0 fully saturated rings. The second-order valence-electron chi connectivity index (χ2n) is 3.26. The molecule has 82 valence electrons. The Kier molecular flexibility index (Phi) is 3.31. The van der Waals surface area contributed by atoms with Gasteiger partial charge in [0.2, 0.25) is 0 Å². The van der Waals surface area contributed by atoms with Gasteiger partial charge in [0.25, 0.3) is 0 Å². The number of nitrogens with one attached hydrogen (secondary N) is 1. The lowest BCUT2D eigenvalue weighted by atomic mass is 10.3. The zero-order valence-electron chi connectivity index (χ0n) is 8.44. The minimum atomic E-state index is -0.282. The predicted molar refractivity (Wildman–Crippen MR) is 63.5 cm³/mol. The number of carbonyl (C=O) groups excluding carboxylic acids is 1. The number of anilines is 1. The van der Waals surface area contributed by atoms with Gasteiger partial charge >= 0.3 is 0 Å². The Morgan fingerprint density at radius 2 is 2.00 bits per heavy atom. The number of Topliss-reactive ketones (excluding diaryl/α,β-unsaturated/α-hetero) is 1. The van der Waals surface area contributed by atoms with E-state index in [1.54, 1.807) is 18.2 Å². The average molecular weight is 235 g/mol. The molecule has 1 aromatic carbocycles. The molecule has 0 bridgehead atoms. The topological polar surface area (TPSA) is 29.1 Å².